The molecule has 0 amide bonds. The van der Waals surface area contributed by atoms with Gasteiger partial charge in [-0.2, -0.15) is 0 Å². The molecule has 0 aliphatic heterocycles. The highest BCUT2D eigenvalue weighted by molar-refractivity contribution is 5.29. The molecule has 1 aromatic carbocycles. The van der Waals surface area contributed by atoms with Gasteiger partial charge < -0.3 is 15.9 Å². The normalized spacial score (nSPS) is 15.4. The molecular formula is C9H12FNO2. The lowest BCUT2D eigenvalue weighted by Gasteiger charge is -2.14. The fourth-order valence-corrected chi connectivity index (χ4v) is 1.01. The second kappa shape index (κ2) is 3.72. The van der Waals surface area contributed by atoms with E-state index in [9.17, 15) is 9.50 Å². The van der Waals surface area contributed by atoms with Crippen LogP contribution in [-0.4, -0.2) is 16.3 Å². The van der Waals surface area contributed by atoms with Gasteiger partial charge in [0.25, 0.3) is 0 Å². The van der Waals surface area contributed by atoms with Crippen molar-refractivity contribution in [2.24, 2.45) is 5.73 Å². The fourth-order valence-electron chi connectivity index (χ4n) is 1.01. The van der Waals surface area contributed by atoms with E-state index in [-0.39, 0.29) is 0 Å². The van der Waals surface area contributed by atoms with E-state index < -0.39 is 23.7 Å². The maximum atomic E-state index is 12.8. The first kappa shape index (κ1) is 9.95. The van der Waals surface area contributed by atoms with Crippen molar-refractivity contribution < 1.29 is 14.6 Å². The van der Waals surface area contributed by atoms with Gasteiger partial charge in [0, 0.05) is 6.04 Å². The van der Waals surface area contributed by atoms with E-state index in [0.29, 0.717) is 5.56 Å². The van der Waals surface area contributed by atoms with Crippen molar-refractivity contribution in [3.8, 4) is 5.75 Å². The summed E-state index contributed by atoms with van der Waals surface area (Å²) in [6.45, 7) is 1.62. The van der Waals surface area contributed by atoms with Gasteiger partial charge in [0.15, 0.2) is 11.6 Å². The molecule has 2 atom stereocenters. The van der Waals surface area contributed by atoms with Crippen LogP contribution in [0.4, 0.5) is 4.39 Å². The quantitative estimate of drug-likeness (QED) is 0.641. The van der Waals surface area contributed by atoms with E-state index in [0.717, 1.165) is 6.07 Å². The summed E-state index contributed by atoms with van der Waals surface area (Å²) < 4.78 is 12.8. The summed E-state index contributed by atoms with van der Waals surface area (Å²) in [6.07, 6.45) is -0.907. The summed E-state index contributed by atoms with van der Waals surface area (Å²) in [4.78, 5) is 0. The first-order valence-electron chi connectivity index (χ1n) is 3.94. The maximum absolute atomic E-state index is 12.8. The molecule has 0 saturated heterocycles. The van der Waals surface area contributed by atoms with Crippen LogP contribution >= 0.6 is 0 Å². The lowest BCUT2D eigenvalue weighted by atomic mass is 10.0. The number of aliphatic hydroxyl groups excluding tert-OH is 1. The fraction of sp³-hybridized carbons (Fsp3) is 0.333. The van der Waals surface area contributed by atoms with Crippen molar-refractivity contribution in [1.29, 1.82) is 0 Å². The van der Waals surface area contributed by atoms with Crippen molar-refractivity contribution in [2.75, 3.05) is 0 Å². The smallest absolute Gasteiger partial charge is 0.165 e. The highest BCUT2D eigenvalue weighted by Gasteiger charge is 2.13. The lowest BCUT2D eigenvalue weighted by Crippen LogP contribution is -2.24. The Kier molecular flexibility index (Phi) is 2.85. The molecule has 0 radical (unpaired) electrons. The zero-order chi connectivity index (χ0) is 10.0. The Bertz CT molecular complexity index is 302. The SMILES string of the molecule is C[C@@H](N)[C@@H](O)c1ccc(O)c(F)c1. The minimum Gasteiger partial charge on any atom is -0.505 e. The predicted molar refractivity (Wildman–Crippen MR) is 46.7 cm³/mol. The van der Waals surface area contributed by atoms with Crippen LogP contribution in [0.1, 0.15) is 18.6 Å². The van der Waals surface area contributed by atoms with Crippen LogP contribution in [-0.2, 0) is 0 Å². The largest absolute Gasteiger partial charge is 0.505 e. The van der Waals surface area contributed by atoms with Crippen LogP contribution in [0.25, 0.3) is 0 Å². The number of phenolic OH excluding ortho intramolecular Hbond substituents is 1. The van der Waals surface area contributed by atoms with Crippen molar-refractivity contribution in [1.82, 2.24) is 0 Å². The first-order valence-corrected chi connectivity index (χ1v) is 3.94. The third-order valence-electron chi connectivity index (χ3n) is 1.81. The average Bonchev–Trinajstić information content (AvgIpc) is 2.08. The van der Waals surface area contributed by atoms with Crippen LogP contribution in [0.3, 0.4) is 0 Å². The summed E-state index contributed by atoms with van der Waals surface area (Å²) in [5.41, 5.74) is 5.79. The lowest BCUT2D eigenvalue weighted by molar-refractivity contribution is 0.153. The number of nitrogens with two attached hydrogens (primary N) is 1. The molecule has 1 rings (SSSR count). The van der Waals surface area contributed by atoms with E-state index in [2.05, 4.69) is 0 Å². The molecule has 0 unspecified atom stereocenters. The predicted octanol–water partition coefficient (Wildman–Crippen LogP) is 0.912. The van der Waals surface area contributed by atoms with E-state index in [4.69, 9.17) is 10.8 Å². The number of phenols is 1. The summed E-state index contributed by atoms with van der Waals surface area (Å²) >= 11 is 0. The number of aromatic hydroxyl groups is 1. The number of hydrogen-bond acceptors (Lipinski definition) is 3. The number of benzene rings is 1. The van der Waals surface area contributed by atoms with Gasteiger partial charge >= 0.3 is 0 Å². The highest BCUT2D eigenvalue weighted by Crippen LogP contribution is 2.21. The molecule has 0 saturated carbocycles. The Hall–Kier alpha value is -1.13. The van der Waals surface area contributed by atoms with E-state index >= 15 is 0 Å². The molecule has 72 valence electrons. The topological polar surface area (TPSA) is 66.5 Å². The molecular weight excluding hydrogens is 173 g/mol. The van der Waals surface area contributed by atoms with Crippen molar-refractivity contribution in [2.45, 2.75) is 19.1 Å². The number of aliphatic hydroxyl groups is 1. The highest BCUT2D eigenvalue weighted by atomic mass is 19.1. The van der Waals surface area contributed by atoms with Crippen LogP contribution < -0.4 is 5.73 Å². The van der Waals surface area contributed by atoms with Gasteiger partial charge in [-0.3, -0.25) is 0 Å². The molecule has 0 aliphatic carbocycles. The van der Waals surface area contributed by atoms with Gasteiger partial charge in [0.2, 0.25) is 0 Å². The van der Waals surface area contributed by atoms with E-state index in [1.165, 1.54) is 12.1 Å². The summed E-state index contributed by atoms with van der Waals surface area (Å²) in [7, 11) is 0. The van der Waals surface area contributed by atoms with Gasteiger partial charge in [-0.05, 0) is 24.6 Å². The second-order valence-corrected chi connectivity index (χ2v) is 3.01. The molecule has 0 fully saturated rings. The Balaban J connectivity index is 2.97. The Morgan fingerprint density at radius 3 is 2.54 bits per heavy atom. The summed E-state index contributed by atoms with van der Waals surface area (Å²) in [5.74, 6) is -1.18. The molecule has 3 nitrogen and oxygen atoms in total. The zero-order valence-corrected chi connectivity index (χ0v) is 7.24. The molecule has 4 N–H and O–H groups in total. The molecule has 0 bridgehead atoms. The summed E-state index contributed by atoms with van der Waals surface area (Å²) in [5, 5.41) is 18.3. The van der Waals surface area contributed by atoms with Crippen molar-refractivity contribution >= 4 is 0 Å². The van der Waals surface area contributed by atoms with Gasteiger partial charge in [-0.25, -0.2) is 4.39 Å². The minimum absolute atomic E-state index is 0.366. The number of rotatable bonds is 2. The number of hydrogen-bond donors (Lipinski definition) is 3. The van der Waals surface area contributed by atoms with Crippen molar-refractivity contribution in [3.05, 3.63) is 29.6 Å². The Labute approximate surface area is 75.6 Å². The van der Waals surface area contributed by atoms with Gasteiger partial charge in [-0.15, -0.1) is 0 Å². The van der Waals surface area contributed by atoms with Gasteiger partial charge in [0.1, 0.15) is 0 Å². The number of halogens is 1. The van der Waals surface area contributed by atoms with Gasteiger partial charge in [0.05, 0.1) is 6.10 Å². The van der Waals surface area contributed by atoms with E-state index in [1.54, 1.807) is 6.92 Å². The first-order chi connectivity index (χ1) is 6.02. The van der Waals surface area contributed by atoms with Crippen LogP contribution in [0.5, 0.6) is 5.75 Å². The third kappa shape index (κ3) is 2.17. The van der Waals surface area contributed by atoms with Crippen LogP contribution in [0.2, 0.25) is 0 Å². The minimum atomic E-state index is -0.907. The van der Waals surface area contributed by atoms with E-state index in [1.807, 2.05) is 0 Å². The second-order valence-electron chi connectivity index (χ2n) is 3.01. The standard InChI is InChI=1S/C9H12FNO2/c1-5(11)9(13)6-2-3-8(12)7(10)4-6/h2-5,9,12-13H,11H2,1H3/t5-,9-/m1/s1. The third-order valence-corrected chi connectivity index (χ3v) is 1.81. The molecule has 0 aromatic heterocycles. The molecule has 0 aliphatic rings. The Morgan fingerprint density at radius 1 is 1.46 bits per heavy atom. The zero-order valence-electron chi connectivity index (χ0n) is 7.24. The molecule has 0 spiro atoms. The molecule has 0 heterocycles. The average molecular weight is 185 g/mol. The summed E-state index contributed by atoms with van der Waals surface area (Å²) in [6, 6.07) is 3.23. The van der Waals surface area contributed by atoms with Crippen LogP contribution in [0, 0.1) is 5.82 Å². The molecule has 13 heavy (non-hydrogen) atoms. The Morgan fingerprint density at radius 2 is 2.08 bits per heavy atom. The maximum Gasteiger partial charge on any atom is 0.165 e. The van der Waals surface area contributed by atoms with Crippen molar-refractivity contribution in [3.63, 3.8) is 0 Å². The van der Waals surface area contributed by atoms with Crippen LogP contribution in [0.15, 0.2) is 18.2 Å². The molecule has 1 aromatic rings. The monoisotopic (exact) mass is 185 g/mol. The van der Waals surface area contributed by atoms with Gasteiger partial charge in [-0.1, -0.05) is 6.07 Å². The molecule has 4 heteroatoms.